The summed E-state index contributed by atoms with van der Waals surface area (Å²) in [5, 5.41) is 0. The third-order valence-electron chi connectivity index (χ3n) is 4.17. The summed E-state index contributed by atoms with van der Waals surface area (Å²) in [5.74, 6) is 1.43. The first-order valence-electron chi connectivity index (χ1n) is 7.01. The lowest BCUT2D eigenvalue weighted by Gasteiger charge is -2.22. The van der Waals surface area contributed by atoms with E-state index in [-0.39, 0.29) is 12.1 Å². The van der Waals surface area contributed by atoms with Gasteiger partial charge in [0.1, 0.15) is 0 Å². The topological polar surface area (TPSA) is 26.3 Å². The van der Waals surface area contributed by atoms with Crippen molar-refractivity contribution in [2.75, 3.05) is 0 Å². The fourth-order valence-electron chi connectivity index (χ4n) is 3.52. The van der Waals surface area contributed by atoms with E-state index in [1.165, 1.54) is 45.4 Å². The molecule has 0 bridgehead atoms. The number of carbonyl (C=O) groups excluding carboxylic acids is 1. The molecular weight excluding hydrogens is 212 g/mol. The first kappa shape index (κ1) is 12.7. The van der Waals surface area contributed by atoms with Gasteiger partial charge in [0.05, 0.1) is 6.10 Å². The van der Waals surface area contributed by atoms with Crippen molar-refractivity contribution in [3.8, 4) is 0 Å². The third kappa shape index (κ3) is 3.58. The molecule has 2 aliphatic carbocycles. The quantitative estimate of drug-likeness (QED) is 0.549. The Morgan fingerprint density at radius 2 is 2.35 bits per heavy atom. The smallest absolute Gasteiger partial charge is 0.302 e. The average Bonchev–Trinajstić information content (AvgIpc) is 2.56. The minimum atomic E-state index is -0.147. The molecule has 0 aromatic heterocycles. The molecule has 0 spiro atoms. The number of carbonyl (C=O) groups is 1. The van der Waals surface area contributed by atoms with Crippen LogP contribution in [0.1, 0.15) is 58.8 Å². The van der Waals surface area contributed by atoms with E-state index in [4.69, 9.17) is 4.74 Å². The van der Waals surface area contributed by atoms with Crippen molar-refractivity contribution in [2.45, 2.75) is 64.9 Å². The van der Waals surface area contributed by atoms with E-state index in [0.29, 0.717) is 0 Å². The van der Waals surface area contributed by atoms with Crippen LogP contribution in [0, 0.1) is 11.8 Å². The van der Waals surface area contributed by atoms with Crippen LogP contribution in [0.2, 0.25) is 0 Å². The lowest BCUT2D eigenvalue weighted by molar-refractivity contribution is -0.146. The normalized spacial score (nSPS) is 30.1. The maximum absolute atomic E-state index is 10.9. The summed E-state index contributed by atoms with van der Waals surface area (Å²) in [6.45, 7) is 3.52. The Morgan fingerprint density at radius 3 is 3.12 bits per heavy atom. The molecule has 0 amide bonds. The van der Waals surface area contributed by atoms with Crippen LogP contribution in [0.3, 0.4) is 0 Å². The minimum Gasteiger partial charge on any atom is -0.463 e. The lowest BCUT2D eigenvalue weighted by Crippen LogP contribution is -2.18. The van der Waals surface area contributed by atoms with Gasteiger partial charge in [0.25, 0.3) is 0 Å². The summed E-state index contributed by atoms with van der Waals surface area (Å²) >= 11 is 0. The number of allylic oxidation sites excluding steroid dienone is 2. The van der Waals surface area contributed by atoms with Gasteiger partial charge in [0.2, 0.25) is 0 Å². The Balaban J connectivity index is 1.84. The maximum atomic E-state index is 10.9. The summed E-state index contributed by atoms with van der Waals surface area (Å²) in [6, 6.07) is 0. The molecule has 0 saturated heterocycles. The zero-order valence-electron chi connectivity index (χ0n) is 11.1. The van der Waals surface area contributed by atoms with Crippen molar-refractivity contribution in [3.63, 3.8) is 0 Å². The first-order chi connectivity index (χ1) is 8.15. The largest absolute Gasteiger partial charge is 0.463 e. The van der Waals surface area contributed by atoms with Crippen molar-refractivity contribution >= 4 is 5.97 Å². The molecule has 2 rings (SSSR count). The second kappa shape index (κ2) is 5.70. The molecule has 2 nitrogen and oxygen atoms in total. The molecule has 3 atom stereocenters. The highest BCUT2D eigenvalue weighted by atomic mass is 16.5. The Labute approximate surface area is 104 Å². The van der Waals surface area contributed by atoms with Crippen LogP contribution in [0.4, 0.5) is 0 Å². The standard InChI is InChI=1S/C15H24O2/c1-11(17-12(2)16)9-13-5-3-6-14-7-4-8-15(14)10-13/h6,11,13,15H,3-5,7-10H2,1-2H3. The molecule has 0 N–H and O–H groups in total. The molecule has 0 radical (unpaired) electrons. The molecule has 3 unspecified atom stereocenters. The zero-order valence-corrected chi connectivity index (χ0v) is 11.1. The van der Waals surface area contributed by atoms with Crippen molar-refractivity contribution in [1.29, 1.82) is 0 Å². The molecule has 2 heteroatoms. The minimum absolute atomic E-state index is 0.0838. The number of hydrogen-bond acceptors (Lipinski definition) is 2. The Kier molecular flexibility index (Phi) is 4.25. The van der Waals surface area contributed by atoms with E-state index >= 15 is 0 Å². The van der Waals surface area contributed by atoms with Crippen molar-refractivity contribution < 1.29 is 9.53 Å². The Hall–Kier alpha value is -0.790. The second-order valence-corrected chi connectivity index (χ2v) is 5.70. The highest BCUT2D eigenvalue weighted by molar-refractivity contribution is 5.66. The fraction of sp³-hybridized carbons (Fsp3) is 0.800. The van der Waals surface area contributed by atoms with Gasteiger partial charge in [-0.2, -0.15) is 0 Å². The summed E-state index contributed by atoms with van der Waals surface area (Å²) in [5.41, 5.74) is 1.72. The predicted octanol–water partition coefficient (Wildman–Crippen LogP) is 3.85. The Bertz CT molecular complexity index is 306. The number of fused-ring (bicyclic) bond motifs is 1. The van der Waals surface area contributed by atoms with Gasteiger partial charge in [-0.05, 0) is 63.7 Å². The summed E-state index contributed by atoms with van der Waals surface area (Å²) in [4.78, 5) is 10.9. The van der Waals surface area contributed by atoms with Crippen molar-refractivity contribution in [1.82, 2.24) is 0 Å². The molecule has 0 heterocycles. The van der Waals surface area contributed by atoms with E-state index in [9.17, 15) is 4.79 Å². The van der Waals surface area contributed by atoms with E-state index in [1.807, 2.05) is 6.92 Å². The molecule has 2 aliphatic rings. The third-order valence-corrected chi connectivity index (χ3v) is 4.17. The zero-order chi connectivity index (χ0) is 12.3. The molecule has 1 saturated carbocycles. The van der Waals surface area contributed by atoms with E-state index in [1.54, 1.807) is 5.57 Å². The molecular formula is C15H24O2. The predicted molar refractivity (Wildman–Crippen MR) is 68.6 cm³/mol. The number of hydrogen-bond donors (Lipinski definition) is 0. The van der Waals surface area contributed by atoms with Crippen molar-refractivity contribution in [2.24, 2.45) is 11.8 Å². The van der Waals surface area contributed by atoms with E-state index in [0.717, 1.165) is 18.3 Å². The maximum Gasteiger partial charge on any atom is 0.302 e. The number of rotatable bonds is 3. The van der Waals surface area contributed by atoms with Crippen molar-refractivity contribution in [3.05, 3.63) is 11.6 Å². The van der Waals surface area contributed by atoms with Crippen LogP contribution in [0.25, 0.3) is 0 Å². The molecule has 96 valence electrons. The van der Waals surface area contributed by atoms with Crippen LogP contribution < -0.4 is 0 Å². The monoisotopic (exact) mass is 236 g/mol. The SMILES string of the molecule is CC(=O)OC(C)CC1CCC=C2CCCC2C1. The van der Waals surface area contributed by atoms with Crippen LogP contribution in [0.15, 0.2) is 11.6 Å². The van der Waals surface area contributed by atoms with Crippen LogP contribution in [0.5, 0.6) is 0 Å². The summed E-state index contributed by atoms with van der Waals surface area (Å²) in [6.07, 6.45) is 11.5. The fourth-order valence-corrected chi connectivity index (χ4v) is 3.52. The highest BCUT2D eigenvalue weighted by Crippen LogP contribution is 2.40. The van der Waals surface area contributed by atoms with Gasteiger partial charge in [-0.25, -0.2) is 0 Å². The highest BCUT2D eigenvalue weighted by Gasteiger charge is 2.27. The molecule has 17 heavy (non-hydrogen) atoms. The first-order valence-corrected chi connectivity index (χ1v) is 7.01. The van der Waals surface area contributed by atoms with E-state index < -0.39 is 0 Å². The second-order valence-electron chi connectivity index (χ2n) is 5.70. The molecule has 0 aromatic carbocycles. The van der Waals surface area contributed by atoms with Gasteiger partial charge >= 0.3 is 5.97 Å². The van der Waals surface area contributed by atoms with Crippen LogP contribution in [-0.4, -0.2) is 12.1 Å². The molecule has 0 aliphatic heterocycles. The van der Waals surface area contributed by atoms with Crippen LogP contribution >= 0.6 is 0 Å². The van der Waals surface area contributed by atoms with Gasteiger partial charge in [-0.3, -0.25) is 4.79 Å². The van der Waals surface area contributed by atoms with Crippen LogP contribution in [-0.2, 0) is 9.53 Å². The van der Waals surface area contributed by atoms with E-state index in [2.05, 4.69) is 6.08 Å². The van der Waals surface area contributed by atoms with Gasteiger partial charge in [0.15, 0.2) is 0 Å². The average molecular weight is 236 g/mol. The number of ether oxygens (including phenoxy) is 1. The van der Waals surface area contributed by atoms with Gasteiger partial charge in [-0.1, -0.05) is 11.6 Å². The lowest BCUT2D eigenvalue weighted by atomic mass is 9.88. The molecule has 1 fully saturated rings. The Morgan fingerprint density at radius 1 is 1.53 bits per heavy atom. The summed E-state index contributed by atoms with van der Waals surface area (Å²) < 4.78 is 5.25. The van der Waals surface area contributed by atoms with Gasteiger partial charge in [0, 0.05) is 6.92 Å². The van der Waals surface area contributed by atoms with Gasteiger partial charge < -0.3 is 4.74 Å². The van der Waals surface area contributed by atoms with Gasteiger partial charge in [-0.15, -0.1) is 0 Å². The molecule has 0 aromatic rings. The number of esters is 1. The summed E-state index contributed by atoms with van der Waals surface area (Å²) in [7, 11) is 0.